The number of carbonyl (C=O) groups excluding carboxylic acids is 1. The molecule has 12 nitrogen and oxygen atoms in total. The summed E-state index contributed by atoms with van der Waals surface area (Å²) in [6.45, 7) is 1.23. The van der Waals surface area contributed by atoms with Gasteiger partial charge in [-0.3, -0.25) is 0 Å². The fourth-order valence-electron chi connectivity index (χ4n) is 4.60. The lowest BCUT2D eigenvalue weighted by atomic mass is 9.81. The van der Waals surface area contributed by atoms with E-state index in [9.17, 15) is 30.0 Å². The first-order chi connectivity index (χ1) is 19.2. The summed E-state index contributed by atoms with van der Waals surface area (Å²) in [7, 11) is 1.37. The lowest BCUT2D eigenvalue weighted by molar-refractivity contribution is -0.265. The first-order valence-electron chi connectivity index (χ1n) is 12.4. The molecule has 4 rings (SSSR count). The average molecular weight is 555 g/mol. The van der Waals surface area contributed by atoms with Crippen molar-refractivity contribution in [3.8, 4) is 6.01 Å². The lowest BCUT2D eigenvalue weighted by Crippen LogP contribution is -2.56. The van der Waals surface area contributed by atoms with E-state index in [4.69, 9.17) is 18.9 Å². The third-order valence-electron chi connectivity index (χ3n) is 6.52. The van der Waals surface area contributed by atoms with Crippen LogP contribution in [0.4, 0.5) is 0 Å². The predicted molar refractivity (Wildman–Crippen MR) is 137 cm³/mol. The number of esters is 1. The van der Waals surface area contributed by atoms with Crippen LogP contribution in [-0.2, 0) is 36.0 Å². The number of aliphatic hydroxyl groups is 3. The summed E-state index contributed by atoms with van der Waals surface area (Å²) >= 11 is 0. The van der Waals surface area contributed by atoms with Crippen molar-refractivity contribution in [2.75, 3.05) is 7.11 Å². The number of methoxy groups -OCH3 is 1. The van der Waals surface area contributed by atoms with E-state index in [1.54, 1.807) is 67.6 Å². The maximum absolute atomic E-state index is 14.0. The second kappa shape index (κ2) is 12.5. The van der Waals surface area contributed by atoms with Gasteiger partial charge in [-0.2, -0.15) is 4.98 Å². The van der Waals surface area contributed by atoms with Gasteiger partial charge in [-0.05, 0) is 24.1 Å². The summed E-state index contributed by atoms with van der Waals surface area (Å²) in [4.78, 5) is 33.9. The molecular weight excluding hydrogens is 524 g/mol. The van der Waals surface area contributed by atoms with E-state index in [1.807, 2.05) is 0 Å². The number of rotatable bonds is 10. The molecule has 0 radical (unpaired) electrons. The Bertz CT molecular complexity index is 1270. The standard InChI is InChI=1S/C28H30N2O10/c1-16-13-19(15-31)30-27(29-16)39-23(25(36)40-26-22(33)20(32)14-21(38-26)24(34)35)28(37-2,17-9-5-3-6-10-17)18-11-7-4-8-12-18/h3-13,20-23,26,31-33H,14-15H2,1-2H3,(H,34,35)/t20-,21-,22+,23+,26-/m0/s1. The Morgan fingerprint density at radius 1 is 1.05 bits per heavy atom. The van der Waals surface area contributed by atoms with Gasteiger partial charge in [0.25, 0.3) is 0 Å². The van der Waals surface area contributed by atoms with Crippen LogP contribution in [0.25, 0.3) is 0 Å². The minimum atomic E-state index is -1.84. The zero-order valence-corrected chi connectivity index (χ0v) is 21.8. The number of hydrogen-bond donors (Lipinski definition) is 4. The van der Waals surface area contributed by atoms with Crippen LogP contribution in [-0.4, -0.2) is 80.1 Å². The van der Waals surface area contributed by atoms with Crippen molar-refractivity contribution in [1.29, 1.82) is 0 Å². The Kier molecular flexibility index (Phi) is 9.07. The molecule has 1 aromatic heterocycles. The molecular formula is C28H30N2O10. The summed E-state index contributed by atoms with van der Waals surface area (Å²) < 4.78 is 22.9. The van der Waals surface area contributed by atoms with Gasteiger partial charge in [0.1, 0.15) is 6.10 Å². The molecule has 40 heavy (non-hydrogen) atoms. The van der Waals surface area contributed by atoms with Gasteiger partial charge in [-0.1, -0.05) is 60.7 Å². The number of hydrogen-bond acceptors (Lipinski definition) is 11. The predicted octanol–water partition coefficient (Wildman–Crippen LogP) is 1.08. The highest BCUT2D eigenvalue weighted by atomic mass is 16.7. The van der Waals surface area contributed by atoms with Gasteiger partial charge in [-0.25, -0.2) is 14.6 Å². The number of carboxylic acids is 1. The van der Waals surface area contributed by atoms with Crippen molar-refractivity contribution in [2.45, 2.75) is 56.3 Å². The monoisotopic (exact) mass is 554 g/mol. The van der Waals surface area contributed by atoms with Gasteiger partial charge in [-0.15, -0.1) is 0 Å². The van der Waals surface area contributed by atoms with Crippen LogP contribution in [0.15, 0.2) is 66.7 Å². The molecule has 1 saturated heterocycles. The van der Waals surface area contributed by atoms with Crippen molar-refractivity contribution in [2.24, 2.45) is 0 Å². The molecule has 212 valence electrons. The van der Waals surface area contributed by atoms with Crippen LogP contribution in [0, 0.1) is 6.92 Å². The highest BCUT2D eigenvalue weighted by molar-refractivity contribution is 5.79. The summed E-state index contributed by atoms with van der Waals surface area (Å²) in [5.74, 6) is -2.53. The SMILES string of the molecule is COC(c1ccccc1)(c1ccccc1)[C@H](Oc1nc(C)cc(CO)n1)C(=O)O[C@@H]1O[C@H](C(=O)O)C[C@H](O)[C@H]1O. The lowest BCUT2D eigenvalue weighted by Gasteiger charge is -2.40. The molecule has 0 aliphatic carbocycles. The maximum Gasteiger partial charge on any atom is 0.353 e. The van der Waals surface area contributed by atoms with Crippen LogP contribution in [0.1, 0.15) is 28.9 Å². The number of aliphatic hydroxyl groups excluding tert-OH is 3. The summed E-state index contributed by atoms with van der Waals surface area (Å²) in [6, 6.07) is 18.6. The van der Waals surface area contributed by atoms with E-state index < -0.39 is 61.3 Å². The molecule has 12 heteroatoms. The van der Waals surface area contributed by atoms with Gasteiger partial charge in [0.2, 0.25) is 12.4 Å². The number of nitrogens with zero attached hydrogens (tertiary/aromatic N) is 2. The van der Waals surface area contributed by atoms with Gasteiger partial charge in [0, 0.05) is 19.2 Å². The van der Waals surface area contributed by atoms with Crippen molar-refractivity contribution in [1.82, 2.24) is 9.97 Å². The molecule has 4 N–H and O–H groups in total. The number of aryl methyl sites for hydroxylation is 1. The van der Waals surface area contributed by atoms with E-state index >= 15 is 0 Å². The summed E-state index contributed by atoms with van der Waals surface area (Å²) in [5, 5.41) is 39.8. The Hall–Kier alpha value is -3.94. The molecule has 1 aliphatic heterocycles. The Morgan fingerprint density at radius 3 is 2.17 bits per heavy atom. The molecule has 3 aromatic rings. The minimum absolute atomic E-state index is 0.232. The van der Waals surface area contributed by atoms with Crippen LogP contribution in [0.2, 0.25) is 0 Å². The highest BCUT2D eigenvalue weighted by Crippen LogP contribution is 2.39. The van der Waals surface area contributed by atoms with Gasteiger partial charge in [0.15, 0.2) is 11.7 Å². The van der Waals surface area contributed by atoms with Gasteiger partial charge >= 0.3 is 17.9 Å². The second-order valence-corrected chi connectivity index (χ2v) is 9.17. The number of aromatic nitrogens is 2. The van der Waals surface area contributed by atoms with E-state index in [2.05, 4.69) is 9.97 Å². The quantitative estimate of drug-likeness (QED) is 0.263. The molecule has 2 heterocycles. The van der Waals surface area contributed by atoms with Crippen LogP contribution < -0.4 is 4.74 Å². The van der Waals surface area contributed by atoms with Crippen molar-refractivity contribution in [3.63, 3.8) is 0 Å². The van der Waals surface area contributed by atoms with Gasteiger partial charge < -0.3 is 39.4 Å². The van der Waals surface area contributed by atoms with Crippen LogP contribution in [0.3, 0.4) is 0 Å². The largest absolute Gasteiger partial charge is 0.479 e. The van der Waals surface area contributed by atoms with Crippen LogP contribution >= 0.6 is 0 Å². The second-order valence-electron chi connectivity index (χ2n) is 9.17. The topological polar surface area (TPSA) is 178 Å². The zero-order valence-electron chi connectivity index (χ0n) is 21.8. The minimum Gasteiger partial charge on any atom is -0.479 e. The molecule has 0 spiro atoms. The Balaban J connectivity index is 1.84. The average Bonchev–Trinajstić information content (AvgIpc) is 2.96. The first-order valence-corrected chi connectivity index (χ1v) is 12.4. The van der Waals surface area contributed by atoms with E-state index in [0.717, 1.165) is 0 Å². The smallest absolute Gasteiger partial charge is 0.353 e. The van der Waals surface area contributed by atoms with Crippen molar-refractivity contribution in [3.05, 3.63) is 89.2 Å². The van der Waals surface area contributed by atoms with Gasteiger partial charge in [0.05, 0.1) is 18.4 Å². The molecule has 5 atom stereocenters. The molecule has 1 aliphatic rings. The molecule has 0 bridgehead atoms. The number of benzene rings is 2. The molecule has 2 aromatic carbocycles. The number of carboxylic acid groups (broad SMARTS) is 1. The fraction of sp³-hybridized carbons (Fsp3) is 0.357. The third kappa shape index (κ3) is 5.96. The van der Waals surface area contributed by atoms with Crippen LogP contribution in [0.5, 0.6) is 6.01 Å². The highest BCUT2D eigenvalue weighted by Gasteiger charge is 2.52. The zero-order chi connectivity index (χ0) is 28.9. The van der Waals surface area contributed by atoms with E-state index in [1.165, 1.54) is 13.2 Å². The maximum atomic E-state index is 14.0. The van der Waals surface area contributed by atoms with E-state index in [-0.39, 0.29) is 11.7 Å². The normalized spacial score (nSPS) is 21.8. The third-order valence-corrected chi connectivity index (χ3v) is 6.52. The number of carbonyl (C=O) groups is 2. The Morgan fingerprint density at radius 2 is 1.65 bits per heavy atom. The van der Waals surface area contributed by atoms with E-state index in [0.29, 0.717) is 16.8 Å². The molecule has 1 fully saturated rings. The fourth-order valence-corrected chi connectivity index (χ4v) is 4.60. The summed E-state index contributed by atoms with van der Waals surface area (Å²) in [6.07, 6.45) is -8.74. The Labute approximate surface area is 229 Å². The number of ether oxygens (including phenoxy) is 4. The molecule has 0 saturated carbocycles. The number of aliphatic carboxylic acids is 1. The molecule has 0 amide bonds. The molecule has 0 unspecified atom stereocenters. The van der Waals surface area contributed by atoms with Crippen molar-refractivity contribution < 1.29 is 49.0 Å². The first kappa shape index (κ1) is 29.1. The van der Waals surface area contributed by atoms with Crippen molar-refractivity contribution >= 4 is 11.9 Å². The summed E-state index contributed by atoms with van der Waals surface area (Å²) in [5.41, 5.74) is -0.0441.